The van der Waals surface area contributed by atoms with Gasteiger partial charge in [0, 0.05) is 11.0 Å². The Morgan fingerprint density at radius 1 is 1.40 bits per heavy atom. The van der Waals surface area contributed by atoms with Crippen molar-refractivity contribution in [1.29, 1.82) is 5.26 Å². The van der Waals surface area contributed by atoms with Crippen LogP contribution in [0.25, 0.3) is 0 Å². The van der Waals surface area contributed by atoms with Crippen molar-refractivity contribution in [3.63, 3.8) is 0 Å². The summed E-state index contributed by atoms with van der Waals surface area (Å²) in [7, 11) is 0. The summed E-state index contributed by atoms with van der Waals surface area (Å²) in [5.74, 6) is -0.738. The van der Waals surface area contributed by atoms with Crippen LogP contribution in [0, 0.1) is 16.7 Å². The molecule has 0 radical (unpaired) electrons. The first-order valence-corrected chi connectivity index (χ1v) is 7.54. The van der Waals surface area contributed by atoms with E-state index >= 15 is 0 Å². The molecule has 0 saturated heterocycles. The lowest BCUT2D eigenvalue weighted by Gasteiger charge is -2.33. The maximum Gasteiger partial charge on any atom is 0.311 e. The second-order valence-corrected chi connectivity index (χ2v) is 6.22. The van der Waals surface area contributed by atoms with Gasteiger partial charge in [0.1, 0.15) is 6.07 Å². The number of hydrogen-bond donors (Lipinski definition) is 2. The summed E-state index contributed by atoms with van der Waals surface area (Å²) in [6, 6.07) is 7.46. The molecule has 20 heavy (non-hydrogen) atoms. The van der Waals surface area contributed by atoms with Crippen LogP contribution in [0.5, 0.6) is 0 Å². The molecule has 1 aromatic carbocycles. The average Bonchev–Trinajstić information content (AvgIpc) is 2.46. The summed E-state index contributed by atoms with van der Waals surface area (Å²) >= 11 is 3.37. The molecule has 0 unspecified atom stereocenters. The van der Waals surface area contributed by atoms with E-state index in [2.05, 4.69) is 27.3 Å². The molecule has 106 valence electrons. The highest BCUT2D eigenvalue weighted by molar-refractivity contribution is 9.10. The molecule has 2 rings (SSSR count). The lowest BCUT2D eigenvalue weighted by molar-refractivity contribution is -0.150. The normalized spacial score (nSPS) is 17.2. The van der Waals surface area contributed by atoms with Crippen molar-refractivity contribution in [3.8, 4) is 6.07 Å². The topological polar surface area (TPSA) is 73.1 Å². The van der Waals surface area contributed by atoms with Crippen LogP contribution in [-0.4, -0.2) is 17.6 Å². The van der Waals surface area contributed by atoms with Gasteiger partial charge in [0.15, 0.2) is 0 Å². The molecule has 0 aliphatic heterocycles. The molecule has 0 amide bonds. The first kappa shape index (κ1) is 14.9. The second kappa shape index (κ2) is 6.27. The minimum atomic E-state index is -0.738. The first-order chi connectivity index (χ1) is 9.57. The quantitative estimate of drug-likeness (QED) is 0.877. The molecule has 1 aliphatic rings. The van der Waals surface area contributed by atoms with Crippen LogP contribution in [0.2, 0.25) is 0 Å². The van der Waals surface area contributed by atoms with E-state index in [0.29, 0.717) is 30.6 Å². The Labute approximate surface area is 126 Å². The van der Waals surface area contributed by atoms with Gasteiger partial charge in [-0.25, -0.2) is 0 Å². The number of benzene rings is 1. The molecule has 0 spiro atoms. The molecule has 5 heteroatoms. The van der Waals surface area contributed by atoms with E-state index < -0.39 is 11.4 Å². The number of nitrogens with zero attached hydrogens (tertiary/aromatic N) is 1. The van der Waals surface area contributed by atoms with Gasteiger partial charge in [-0.15, -0.1) is 0 Å². The summed E-state index contributed by atoms with van der Waals surface area (Å²) in [4.78, 5) is 11.6. The van der Waals surface area contributed by atoms with Crippen LogP contribution in [0.15, 0.2) is 22.7 Å². The molecule has 0 heterocycles. The lowest BCUT2D eigenvalue weighted by atomic mass is 9.74. The van der Waals surface area contributed by atoms with Gasteiger partial charge in [0.2, 0.25) is 0 Å². The van der Waals surface area contributed by atoms with Crippen LogP contribution >= 0.6 is 15.9 Å². The number of halogens is 1. The van der Waals surface area contributed by atoms with Crippen LogP contribution < -0.4 is 5.32 Å². The van der Waals surface area contributed by atoms with E-state index in [1.165, 1.54) is 0 Å². The van der Waals surface area contributed by atoms with Crippen LogP contribution in [0.4, 0.5) is 5.69 Å². The third kappa shape index (κ3) is 3.13. The van der Waals surface area contributed by atoms with Crippen molar-refractivity contribution >= 4 is 27.6 Å². The number of carbonyl (C=O) groups is 1. The maximum absolute atomic E-state index is 11.6. The summed E-state index contributed by atoms with van der Waals surface area (Å²) in [5.41, 5.74) is 0.519. The minimum Gasteiger partial charge on any atom is -0.481 e. The molecular formula is C15H17BrN2O2. The lowest BCUT2D eigenvalue weighted by Crippen LogP contribution is -2.39. The molecule has 0 atom stereocenters. The van der Waals surface area contributed by atoms with E-state index in [1.54, 1.807) is 12.1 Å². The highest BCUT2D eigenvalue weighted by atomic mass is 79.9. The van der Waals surface area contributed by atoms with Crippen molar-refractivity contribution in [1.82, 2.24) is 0 Å². The molecule has 1 aliphatic carbocycles. The molecule has 0 bridgehead atoms. The number of rotatable bonds is 4. The fourth-order valence-corrected chi connectivity index (χ4v) is 3.08. The number of carboxylic acid groups (broad SMARTS) is 1. The van der Waals surface area contributed by atoms with Crippen molar-refractivity contribution < 1.29 is 9.90 Å². The smallest absolute Gasteiger partial charge is 0.311 e. The van der Waals surface area contributed by atoms with Gasteiger partial charge >= 0.3 is 5.97 Å². The summed E-state index contributed by atoms with van der Waals surface area (Å²) in [5, 5.41) is 21.8. The fraction of sp³-hybridized carbons (Fsp3) is 0.467. The van der Waals surface area contributed by atoms with Crippen LogP contribution in [-0.2, 0) is 4.79 Å². The molecule has 2 N–H and O–H groups in total. The number of anilines is 1. The fourth-order valence-electron chi connectivity index (χ4n) is 2.72. The molecular weight excluding hydrogens is 320 g/mol. The van der Waals surface area contributed by atoms with Crippen molar-refractivity contribution in [2.75, 3.05) is 11.9 Å². The van der Waals surface area contributed by atoms with E-state index in [9.17, 15) is 9.90 Å². The zero-order chi connectivity index (χ0) is 14.6. The molecule has 1 saturated carbocycles. The zero-order valence-electron chi connectivity index (χ0n) is 11.2. The maximum atomic E-state index is 11.6. The van der Waals surface area contributed by atoms with Gasteiger partial charge in [0.05, 0.1) is 16.7 Å². The highest BCUT2D eigenvalue weighted by Crippen LogP contribution is 2.37. The van der Waals surface area contributed by atoms with Gasteiger partial charge in [-0.2, -0.15) is 5.26 Å². The summed E-state index contributed by atoms with van der Waals surface area (Å²) in [6.45, 7) is 0.369. The molecule has 4 nitrogen and oxygen atoms in total. The predicted octanol–water partition coefficient (Wildman–Crippen LogP) is 3.77. The van der Waals surface area contributed by atoms with Crippen molar-refractivity contribution in [2.24, 2.45) is 5.41 Å². The van der Waals surface area contributed by atoms with Gasteiger partial charge in [-0.1, -0.05) is 35.2 Å². The zero-order valence-corrected chi connectivity index (χ0v) is 12.7. The molecule has 1 aromatic rings. The largest absolute Gasteiger partial charge is 0.481 e. The molecule has 1 fully saturated rings. The SMILES string of the molecule is N#Cc1ccc(Br)cc1NCC1(C(=O)O)CCCCC1. The number of hydrogen-bond acceptors (Lipinski definition) is 3. The van der Waals surface area contributed by atoms with Crippen molar-refractivity contribution in [2.45, 2.75) is 32.1 Å². The Morgan fingerprint density at radius 3 is 2.70 bits per heavy atom. The van der Waals surface area contributed by atoms with E-state index in [1.807, 2.05) is 6.07 Å². The van der Waals surface area contributed by atoms with Crippen LogP contribution in [0.3, 0.4) is 0 Å². The van der Waals surface area contributed by atoms with Crippen molar-refractivity contribution in [3.05, 3.63) is 28.2 Å². The Hall–Kier alpha value is -1.54. The summed E-state index contributed by atoms with van der Waals surface area (Å²) < 4.78 is 0.868. The minimum absolute atomic E-state index is 0.369. The molecule has 0 aromatic heterocycles. The third-order valence-electron chi connectivity index (χ3n) is 3.98. The predicted molar refractivity (Wildman–Crippen MR) is 80.5 cm³/mol. The van der Waals surface area contributed by atoms with Gasteiger partial charge < -0.3 is 10.4 Å². The Kier molecular flexibility index (Phi) is 4.66. The first-order valence-electron chi connectivity index (χ1n) is 6.74. The standard InChI is InChI=1S/C15H17BrN2O2/c16-12-5-4-11(9-17)13(8-12)18-10-15(14(19)20)6-2-1-3-7-15/h4-5,8,18H,1-3,6-7,10H2,(H,19,20). The average molecular weight is 337 g/mol. The van der Waals surface area contributed by atoms with Crippen LogP contribution in [0.1, 0.15) is 37.7 Å². The highest BCUT2D eigenvalue weighted by Gasteiger charge is 2.39. The Morgan fingerprint density at radius 2 is 2.10 bits per heavy atom. The number of carboxylic acids is 1. The Bertz CT molecular complexity index is 545. The van der Waals surface area contributed by atoms with Gasteiger partial charge in [0.25, 0.3) is 0 Å². The second-order valence-electron chi connectivity index (χ2n) is 5.30. The number of nitrogens with one attached hydrogen (secondary N) is 1. The summed E-state index contributed by atoms with van der Waals surface area (Å²) in [6.07, 6.45) is 4.42. The monoisotopic (exact) mass is 336 g/mol. The van der Waals surface area contributed by atoms with E-state index in [0.717, 1.165) is 23.7 Å². The van der Waals surface area contributed by atoms with Gasteiger partial charge in [-0.05, 0) is 31.0 Å². The third-order valence-corrected chi connectivity index (χ3v) is 4.48. The van der Waals surface area contributed by atoms with E-state index in [4.69, 9.17) is 5.26 Å². The number of aliphatic carboxylic acids is 1. The Balaban J connectivity index is 2.16. The number of nitriles is 1. The van der Waals surface area contributed by atoms with Gasteiger partial charge in [-0.3, -0.25) is 4.79 Å². The van der Waals surface area contributed by atoms with E-state index in [-0.39, 0.29) is 0 Å².